The fourth-order valence-corrected chi connectivity index (χ4v) is 2.37. The molecular weight excluding hydrogens is 219 g/mol. The number of hydrogen-bond donors (Lipinski definition) is 1. The Balaban J connectivity index is 2.18. The van der Waals surface area contributed by atoms with Gasteiger partial charge in [0.15, 0.2) is 0 Å². The van der Waals surface area contributed by atoms with Crippen LogP contribution in [0.25, 0.3) is 0 Å². The number of nitrogens with zero attached hydrogens (tertiary/aromatic N) is 1. The Hall–Kier alpha value is -1.13. The zero-order valence-electron chi connectivity index (χ0n) is 9.99. The van der Waals surface area contributed by atoms with Crippen LogP contribution in [-0.2, 0) is 11.3 Å². The van der Waals surface area contributed by atoms with E-state index in [4.69, 9.17) is 5.90 Å². The Morgan fingerprint density at radius 3 is 2.71 bits per heavy atom. The summed E-state index contributed by atoms with van der Waals surface area (Å²) in [5.41, 5.74) is 2.11. The van der Waals surface area contributed by atoms with Crippen LogP contribution in [0.3, 0.4) is 0 Å². The zero-order chi connectivity index (χ0) is 12.1. The Labute approximate surface area is 101 Å². The molecule has 0 aliphatic carbocycles. The summed E-state index contributed by atoms with van der Waals surface area (Å²) < 4.78 is 13.3. The molecule has 94 valence electrons. The maximum Gasteiger partial charge on any atom is 0.123 e. The number of nitrogens with two attached hydrogens (primary N) is 1. The van der Waals surface area contributed by atoms with Gasteiger partial charge in [0.25, 0.3) is 0 Å². The highest BCUT2D eigenvalue weighted by Gasteiger charge is 2.14. The number of hydrogen-bond acceptors (Lipinski definition) is 3. The van der Waals surface area contributed by atoms with Crippen molar-refractivity contribution >= 4 is 5.69 Å². The van der Waals surface area contributed by atoms with Crippen molar-refractivity contribution in [2.75, 3.05) is 24.6 Å². The minimum absolute atomic E-state index is 0.196. The van der Waals surface area contributed by atoms with Gasteiger partial charge in [-0.3, -0.25) is 0 Å². The Morgan fingerprint density at radius 1 is 1.24 bits per heavy atom. The minimum Gasteiger partial charge on any atom is -0.371 e. The number of piperidine rings is 1. The molecule has 1 aliphatic rings. The fourth-order valence-electron chi connectivity index (χ4n) is 2.37. The third-order valence-electron chi connectivity index (χ3n) is 3.23. The molecule has 1 fully saturated rings. The minimum atomic E-state index is -0.196. The van der Waals surface area contributed by atoms with E-state index >= 15 is 0 Å². The van der Waals surface area contributed by atoms with E-state index in [-0.39, 0.29) is 5.82 Å². The molecule has 0 aromatic heterocycles. The van der Waals surface area contributed by atoms with Crippen molar-refractivity contribution in [1.29, 1.82) is 0 Å². The lowest BCUT2D eigenvalue weighted by Gasteiger charge is -2.30. The maximum atomic E-state index is 13.3. The molecule has 3 nitrogen and oxygen atoms in total. The van der Waals surface area contributed by atoms with Crippen LogP contribution in [-0.4, -0.2) is 19.7 Å². The van der Waals surface area contributed by atoms with Crippen molar-refractivity contribution in [3.63, 3.8) is 0 Å². The quantitative estimate of drug-likeness (QED) is 0.818. The van der Waals surface area contributed by atoms with E-state index in [1.54, 1.807) is 6.07 Å². The van der Waals surface area contributed by atoms with Crippen molar-refractivity contribution in [2.24, 2.45) is 5.90 Å². The number of halogens is 1. The fraction of sp³-hybridized carbons (Fsp3) is 0.538. The molecule has 17 heavy (non-hydrogen) atoms. The lowest BCUT2D eigenvalue weighted by Crippen LogP contribution is -2.30. The van der Waals surface area contributed by atoms with Gasteiger partial charge in [0.1, 0.15) is 5.82 Å². The molecule has 0 spiro atoms. The standard InChI is InChI=1S/C13H19FN2O/c14-12-4-5-13(11(10-12)6-9-17-15)16-7-2-1-3-8-16/h4-5,10H,1-3,6-9,15H2. The third kappa shape index (κ3) is 3.17. The molecule has 2 rings (SSSR count). The molecule has 1 saturated heterocycles. The second-order valence-electron chi connectivity index (χ2n) is 4.44. The van der Waals surface area contributed by atoms with Crippen molar-refractivity contribution in [3.8, 4) is 0 Å². The van der Waals surface area contributed by atoms with Crippen LogP contribution in [0.15, 0.2) is 18.2 Å². The largest absolute Gasteiger partial charge is 0.371 e. The topological polar surface area (TPSA) is 38.5 Å². The Kier molecular flexibility index (Phi) is 4.34. The third-order valence-corrected chi connectivity index (χ3v) is 3.23. The average molecular weight is 238 g/mol. The Bertz CT molecular complexity index is 364. The van der Waals surface area contributed by atoms with Crippen LogP contribution in [0.5, 0.6) is 0 Å². The molecule has 0 radical (unpaired) electrons. The smallest absolute Gasteiger partial charge is 0.123 e. The van der Waals surface area contributed by atoms with Gasteiger partial charge in [0.2, 0.25) is 0 Å². The Morgan fingerprint density at radius 2 is 2.00 bits per heavy atom. The van der Waals surface area contributed by atoms with Crippen LogP contribution in [0.4, 0.5) is 10.1 Å². The van der Waals surface area contributed by atoms with Gasteiger partial charge in [-0.15, -0.1) is 0 Å². The van der Waals surface area contributed by atoms with Gasteiger partial charge in [-0.25, -0.2) is 10.3 Å². The summed E-state index contributed by atoms with van der Waals surface area (Å²) >= 11 is 0. The van der Waals surface area contributed by atoms with Crippen LogP contribution < -0.4 is 10.8 Å². The van der Waals surface area contributed by atoms with E-state index in [9.17, 15) is 4.39 Å². The van der Waals surface area contributed by atoms with E-state index in [1.807, 2.05) is 6.07 Å². The van der Waals surface area contributed by atoms with E-state index in [1.165, 1.54) is 25.3 Å². The summed E-state index contributed by atoms with van der Waals surface area (Å²) in [4.78, 5) is 6.92. The first-order chi connectivity index (χ1) is 8.31. The second kappa shape index (κ2) is 5.98. The zero-order valence-corrected chi connectivity index (χ0v) is 9.99. The van der Waals surface area contributed by atoms with E-state index in [0.717, 1.165) is 24.3 Å². The molecule has 0 unspecified atom stereocenters. The van der Waals surface area contributed by atoms with Gasteiger partial charge in [-0.05, 0) is 49.4 Å². The predicted molar refractivity (Wildman–Crippen MR) is 66.3 cm³/mol. The molecule has 1 aromatic carbocycles. The molecule has 1 heterocycles. The first-order valence-electron chi connectivity index (χ1n) is 6.16. The van der Waals surface area contributed by atoms with Gasteiger partial charge in [-0.1, -0.05) is 0 Å². The lowest BCUT2D eigenvalue weighted by molar-refractivity contribution is 0.141. The van der Waals surface area contributed by atoms with Crippen LogP contribution in [0.2, 0.25) is 0 Å². The monoisotopic (exact) mass is 238 g/mol. The first-order valence-corrected chi connectivity index (χ1v) is 6.16. The highest BCUT2D eigenvalue weighted by molar-refractivity contribution is 5.54. The van der Waals surface area contributed by atoms with Crippen LogP contribution in [0, 0.1) is 5.82 Å². The summed E-state index contributed by atoms with van der Waals surface area (Å²) in [7, 11) is 0. The van der Waals surface area contributed by atoms with Gasteiger partial charge in [0.05, 0.1) is 6.61 Å². The number of anilines is 1. The predicted octanol–water partition coefficient (Wildman–Crippen LogP) is 2.25. The van der Waals surface area contributed by atoms with E-state index in [0.29, 0.717) is 13.0 Å². The van der Waals surface area contributed by atoms with Gasteiger partial charge in [0, 0.05) is 18.8 Å². The summed E-state index contributed by atoms with van der Waals surface area (Å²) in [6, 6.07) is 4.98. The first kappa shape index (κ1) is 12.3. The summed E-state index contributed by atoms with van der Waals surface area (Å²) in [6.45, 7) is 2.54. The SMILES string of the molecule is NOCCc1cc(F)ccc1N1CCCCC1. The maximum absolute atomic E-state index is 13.3. The second-order valence-corrected chi connectivity index (χ2v) is 4.44. The molecule has 1 aliphatic heterocycles. The van der Waals surface area contributed by atoms with Crippen molar-refractivity contribution < 1.29 is 9.23 Å². The summed E-state index contributed by atoms with van der Waals surface area (Å²) in [5, 5.41) is 0. The summed E-state index contributed by atoms with van der Waals surface area (Å²) in [5.74, 6) is 4.84. The highest BCUT2D eigenvalue weighted by Crippen LogP contribution is 2.25. The molecule has 0 amide bonds. The van der Waals surface area contributed by atoms with Crippen molar-refractivity contribution in [1.82, 2.24) is 0 Å². The number of rotatable bonds is 4. The number of benzene rings is 1. The molecule has 2 N–H and O–H groups in total. The molecule has 0 atom stereocenters. The van der Waals surface area contributed by atoms with Crippen LogP contribution >= 0.6 is 0 Å². The van der Waals surface area contributed by atoms with E-state index < -0.39 is 0 Å². The van der Waals surface area contributed by atoms with Gasteiger partial charge in [-0.2, -0.15) is 0 Å². The van der Waals surface area contributed by atoms with Gasteiger partial charge >= 0.3 is 0 Å². The van der Waals surface area contributed by atoms with Gasteiger partial charge < -0.3 is 9.74 Å². The summed E-state index contributed by atoms with van der Waals surface area (Å²) in [6.07, 6.45) is 4.37. The van der Waals surface area contributed by atoms with Crippen LogP contribution in [0.1, 0.15) is 24.8 Å². The van der Waals surface area contributed by atoms with Crippen molar-refractivity contribution in [3.05, 3.63) is 29.6 Å². The molecule has 4 heteroatoms. The highest BCUT2D eigenvalue weighted by atomic mass is 19.1. The molecule has 1 aromatic rings. The molecule has 0 saturated carbocycles. The molecular formula is C13H19FN2O. The molecule has 0 bridgehead atoms. The van der Waals surface area contributed by atoms with Crippen molar-refractivity contribution in [2.45, 2.75) is 25.7 Å². The van der Waals surface area contributed by atoms with E-state index in [2.05, 4.69) is 9.74 Å². The normalized spacial score (nSPS) is 16.2. The average Bonchev–Trinajstić information content (AvgIpc) is 2.37. The lowest BCUT2D eigenvalue weighted by atomic mass is 10.1.